The predicted molar refractivity (Wildman–Crippen MR) is 30.1 cm³/mol. The Labute approximate surface area is 44.3 Å². The van der Waals surface area contributed by atoms with Crippen molar-refractivity contribution in [2.75, 3.05) is 0 Å². The van der Waals surface area contributed by atoms with Gasteiger partial charge in [-0.3, -0.25) is 0 Å². The minimum atomic E-state index is 0. The topological polar surface area (TPSA) is 17.8 Å². The molecule has 0 amide bonds. The van der Waals surface area contributed by atoms with E-state index in [4.69, 9.17) is 0 Å². The fourth-order valence-corrected chi connectivity index (χ4v) is 0.544. The molecule has 2 nitrogen and oxygen atoms in total. The van der Waals surface area contributed by atoms with Gasteiger partial charge in [-0.15, -0.1) is 0 Å². The van der Waals surface area contributed by atoms with Crippen LogP contribution >= 0.6 is 0 Å². The summed E-state index contributed by atoms with van der Waals surface area (Å²) in [5.74, 6) is 0. The van der Waals surface area contributed by atoms with Crippen molar-refractivity contribution in [2.45, 2.75) is 6.92 Å². The van der Waals surface area contributed by atoms with E-state index in [0.717, 1.165) is 5.69 Å². The summed E-state index contributed by atoms with van der Waals surface area (Å²) in [6.07, 6.45) is 3.76. The van der Waals surface area contributed by atoms with Crippen LogP contribution < -0.4 is 0 Å². The molecule has 0 fully saturated rings. The summed E-state index contributed by atoms with van der Waals surface area (Å²) < 4.78 is 1.93. The first-order valence-corrected chi connectivity index (χ1v) is 2.23. The van der Waals surface area contributed by atoms with E-state index < -0.39 is 0 Å². The van der Waals surface area contributed by atoms with Crippen LogP contribution in [0.25, 0.3) is 0 Å². The molecule has 0 saturated heterocycles. The number of rotatable bonds is 0. The van der Waals surface area contributed by atoms with E-state index in [2.05, 4.69) is 4.98 Å². The van der Waals surface area contributed by atoms with Gasteiger partial charge in [0, 0.05) is 14.7 Å². The van der Waals surface area contributed by atoms with Crippen molar-refractivity contribution in [2.24, 2.45) is 7.05 Å². The first kappa shape index (κ1) is 4.37. The third-order valence-corrected chi connectivity index (χ3v) is 0.834. The van der Waals surface area contributed by atoms with Crippen LogP contribution in [-0.4, -0.2) is 9.55 Å². The average Bonchev–Trinajstić information content (AvgIpc) is 1.87. The first-order chi connectivity index (χ1) is 3.29. The van der Waals surface area contributed by atoms with Crippen molar-refractivity contribution in [1.29, 1.82) is 0 Å². The molecule has 0 unspecified atom stereocenters. The van der Waals surface area contributed by atoms with Crippen molar-refractivity contribution >= 4 is 0 Å². The third-order valence-electron chi connectivity index (χ3n) is 0.834. The molecular weight excluding hydrogens is 88.1 g/mol. The molecule has 0 aliphatic carbocycles. The number of aromatic nitrogens is 2. The van der Waals surface area contributed by atoms with Crippen LogP contribution in [0.15, 0.2) is 12.5 Å². The molecule has 0 aromatic carbocycles. The highest BCUT2D eigenvalue weighted by molar-refractivity contribution is 4.90. The molecule has 0 aliphatic heterocycles. The van der Waals surface area contributed by atoms with Crippen LogP contribution in [0.5, 0.6) is 0 Å². The minimum Gasteiger partial charge on any atom is -0.340 e. The Balaban J connectivity index is 0.000000490. The number of hydrogen-bond donors (Lipinski definition) is 0. The number of hydrogen-bond acceptors (Lipinski definition) is 1. The molecule has 7 heavy (non-hydrogen) atoms. The summed E-state index contributed by atoms with van der Waals surface area (Å²) in [6, 6.07) is 0. The van der Waals surface area contributed by atoms with Crippen molar-refractivity contribution in [3.8, 4) is 0 Å². The lowest BCUT2D eigenvalue weighted by atomic mass is 10.6. The highest BCUT2D eigenvalue weighted by atomic mass is 15.0. The van der Waals surface area contributed by atoms with E-state index in [1.54, 1.807) is 6.33 Å². The zero-order valence-electron chi connectivity index (χ0n) is 4.55. The summed E-state index contributed by atoms with van der Waals surface area (Å²) in [5, 5.41) is 0. The molecule has 2 heteroatoms. The Kier molecular flexibility index (Phi) is 0.855. The van der Waals surface area contributed by atoms with Gasteiger partial charge in [-0.1, -0.05) is 0 Å². The van der Waals surface area contributed by atoms with E-state index in [1.165, 1.54) is 0 Å². The van der Waals surface area contributed by atoms with E-state index in [-0.39, 0.29) is 1.43 Å². The number of aryl methyl sites for hydroxylation is 2. The minimum absolute atomic E-state index is 0. The van der Waals surface area contributed by atoms with Crippen LogP contribution in [0, 0.1) is 6.92 Å². The lowest BCUT2D eigenvalue weighted by Gasteiger charge is -1.78. The Bertz CT molecular complexity index is 143. The molecule has 0 aliphatic rings. The summed E-state index contributed by atoms with van der Waals surface area (Å²) in [4.78, 5) is 3.98. The molecule has 0 spiro atoms. The Morgan fingerprint density at radius 1 is 1.86 bits per heavy atom. The molecule has 0 N–H and O–H groups in total. The second kappa shape index (κ2) is 1.37. The molecule has 40 valence electrons. The predicted octanol–water partition coefficient (Wildman–Crippen LogP) is 0.975. The molecule has 1 rings (SSSR count). The van der Waals surface area contributed by atoms with Gasteiger partial charge in [-0.05, 0) is 6.92 Å². The second-order valence-electron chi connectivity index (χ2n) is 1.68. The van der Waals surface area contributed by atoms with Crippen LogP contribution in [0.1, 0.15) is 7.12 Å². The summed E-state index contributed by atoms with van der Waals surface area (Å²) >= 11 is 0. The fraction of sp³-hybridized carbons (Fsp3) is 0.400. The van der Waals surface area contributed by atoms with Gasteiger partial charge < -0.3 is 4.57 Å². The SMILES string of the molecule is Cc1cn(C)cn1.[HH]. The van der Waals surface area contributed by atoms with Gasteiger partial charge in [0.25, 0.3) is 0 Å². The Hall–Kier alpha value is -0.790. The number of nitrogens with zero attached hydrogens (tertiary/aromatic N) is 2. The van der Waals surface area contributed by atoms with Crippen molar-refractivity contribution in [1.82, 2.24) is 9.55 Å². The lowest BCUT2D eigenvalue weighted by molar-refractivity contribution is 0.913. The molecule has 0 saturated carbocycles. The monoisotopic (exact) mass is 98.1 g/mol. The molecule has 1 aromatic rings. The van der Waals surface area contributed by atoms with Crippen LogP contribution in [0.4, 0.5) is 0 Å². The molecule has 0 bridgehead atoms. The fourth-order valence-electron chi connectivity index (χ4n) is 0.544. The molecular formula is C5H10N2. The molecule has 1 heterocycles. The lowest BCUT2D eigenvalue weighted by Crippen LogP contribution is -1.76. The average molecular weight is 98.1 g/mol. The Morgan fingerprint density at radius 2 is 2.57 bits per heavy atom. The summed E-state index contributed by atoms with van der Waals surface area (Å²) in [6.45, 7) is 1.97. The van der Waals surface area contributed by atoms with Crippen LogP contribution in [-0.2, 0) is 7.05 Å². The van der Waals surface area contributed by atoms with E-state index in [1.807, 2.05) is 24.7 Å². The molecule has 1 aromatic heterocycles. The Morgan fingerprint density at radius 3 is 2.71 bits per heavy atom. The van der Waals surface area contributed by atoms with E-state index in [9.17, 15) is 0 Å². The third kappa shape index (κ3) is 0.796. The summed E-state index contributed by atoms with van der Waals surface area (Å²) in [5.41, 5.74) is 1.07. The largest absolute Gasteiger partial charge is 0.340 e. The quantitative estimate of drug-likeness (QED) is 0.473. The normalized spacial score (nSPS) is 9.43. The number of imidazole rings is 1. The van der Waals surface area contributed by atoms with Gasteiger partial charge in [-0.25, -0.2) is 4.98 Å². The van der Waals surface area contributed by atoms with Gasteiger partial charge in [0.1, 0.15) is 0 Å². The highest BCUT2D eigenvalue weighted by Crippen LogP contribution is 1.86. The van der Waals surface area contributed by atoms with Crippen LogP contribution in [0.3, 0.4) is 0 Å². The van der Waals surface area contributed by atoms with Gasteiger partial charge in [-0.2, -0.15) is 0 Å². The molecule has 0 radical (unpaired) electrons. The second-order valence-corrected chi connectivity index (χ2v) is 1.68. The maximum atomic E-state index is 3.98. The van der Waals surface area contributed by atoms with Crippen molar-refractivity contribution in [3.05, 3.63) is 18.2 Å². The van der Waals surface area contributed by atoms with E-state index in [0.29, 0.717) is 0 Å². The molecule has 0 atom stereocenters. The standard InChI is InChI=1S/C5H8N2.H2/c1-5-3-7(2)4-6-5;/h3-4H,1-2H3;1H. The van der Waals surface area contributed by atoms with Gasteiger partial charge in [0.2, 0.25) is 0 Å². The van der Waals surface area contributed by atoms with Gasteiger partial charge in [0.05, 0.1) is 12.0 Å². The van der Waals surface area contributed by atoms with E-state index >= 15 is 0 Å². The summed E-state index contributed by atoms with van der Waals surface area (Å²) in [7, 11) is 1.96. The van der Waals surface area contributed by atoms with Gasteiger partial charge in [0.15, 0.2) is 0 Å². The highest BCUT2D eigenvalue weighted by Gasteiger charge is 1.81. The van der Waals surface area contributed by atoms with Crippen LogP contribution in [0.2, 0.25) is 0 Å². The smallest absolute Gasteiger partial charge is 0.0946 e. The maximum Gasteiger partial charge on any atom is 0.0946 e. The zero-order valence-corrected chi connectivity index (χ0v) is 4.55. The zero-order chi connectivity index (χ0) is 5.28. The first-order valence-electron chi connectivity index (χ1n) is 2.23. The van der Waals surface area contributed by atoms with Gasteiger partial charge >= 0.3 is 0 Å². The van der Waals surface area contributed by atoms with Crippen molar-refractivity contribution < 1.29 is 1.43 Å². The maximum absolute atomic E-state index is 3.98. The van der Waals surface area contributed by atoms with Crippen molar-refractivity contribution in [3.63, 3.8) is 0 Å².